The van der Waals surface area contributed by atoms with Crippen LogP contribution in [0.3, 0.4) is 0 Å². The van der Waals surface area contributed by atoms with Crippen LogP contribution in [-0.4, -0.2) is 28.8 Å². The Morgan fingerprint density at radius 3 is 2.95 bits per heavy atom. The van der Waals surface area contributed by atoms with Crippen molar-refractivity contribution in [1.29, 1.82) is 5.26 Å². The van der Waals surface area contributed by atoms with Crippen LogP contribution in [0.4, 0.5) is 5.69 Å². The van der Waals surface area contributed by atoms with Crippen molar-refractivity contribution in [3.63, 3.8) is 0 Å². The lowest BCUT2D eigenvalue weighted by Crippen LogP contribution is -2.39. The number of aryl methyl sites for hydroxylation is 1. The van der Waals surface area contributed by atoms with Gasteiger partial charge in [0.2, 0.25) is 0 Å². The molecule has 6 nitrogen and oxygen atoms in total. The first kappa shape index (κ1) is 14.0. The van der Waals surface area contributed by atoms with Crippen LogP contribution in [0.1, 0.15) is 28.8 Å². The Hall–Kier alpha value is -2.42. The maximum atomic E-state index is 12.5. The van der Waals surface area contributed by atoms with Gasteiger partial charge in [0.25, 0.3) is 11.6 Å². The average molecular weight is 273 g/mol. The first-order valence-corrected chi connectivity index (χ1v) is 6.47. The highest BCUT2D eigenvalue weighted by molar-refractivity contribution is 5.98. The van der Waals surface area contributed by atoms with E-state index in [-0.39, 0.29) is 23.1 Å². The molecule has 1 aromatic rings. The van der Waals surface area contributed by atoms with Crippen LogP contribution in [-0.2, 0) is 0 Å². The van der Waals surface area contributed by atoms with Crippen molar-refractivity contribution in [3.05, 3.63) is 39.4 Å². The van der Waals surface area contributed by atoms with E-state index in [0.717, 1.165) is 12.8 Å². The highest BCUT2D eigenvalue weighted by atomic mass is 16.6. The summed E-state index contributed by atoms with van der Waals surface area (Å²) in [5.74, 6) is -0.545. The molecule has 2 rings (SSSR count). The van der Waals surface area contributed by atoms with Crippen LogP contribution in [0, 0.1) is 34.3 Å². The number of nitro groups is 1. The molecule has 1 heterocycles. The van der Waals surface area contributed by atoms with Gasteiger partial charge in [0.05, 0.1) is 16.9 Å². The Morgan fingerprint density at radius 1 is 1.55 bits per heavy atom. The minimum atomic E-state index is -0.520. The summed E-state index contributed by atoms with van der Waals surface area (Å²) in [5, 5.41) is 20.1. The van der Waals surface area contributed by atoms with Gasteiger partial charge < -0.3 is 4.90 Å². The molecule has 20 heavy (non-hydrogen) atoms. The third kappa shape index (κ3) is 2.62. The molecular formula is C14H15N3O3. The number of benzene rings is 1. The molecule has 1 amide bonds. The molecule has 0 saturated carbocycles. The van der Waals surface area contributed by atoms with Gasteiger partial charge in [-0.1, -0.05) is 12.1 Å². The van der Waals surface area contributed by atoms with E-state index in [1.165, 1.54) is 6.07 Å². The molecule has 1 fully saturated rings. The van der Waals surface area contributed by atoms with E-state index in [4.69, 9.17) is 5.26 Å². The Kier molecular flexibility index (Phi) is 3.99. The van der Waals surface area contributed by atoms with Crippen molar-refractivity contribution < 1.29 is 9.72 Å². The molecule has 0 aromatic heterocycles. The lowest BCUT2D eigenvalue weighted by molar-refractivity contribution is -0.385. The van der Waals surface area contributed by atoms with Gasteiger partial charge in [-0.05, 0) is 25.8 Å². The van der Waals surface area contributed by atoms with Crippen LogP contribution in [0.15, 0.2) is 18.2 Å². The summed E-state index contributed by atoms with van der Waals surface area (Å²) in [7, 11) is 0. The fraction of sp³-hybridized carbons (Fsp3) is 0.429. The highest BCUT2D eigenvalue weighted by Gasteiger charge is 2.29. The number of hydrogen-bond acceptors (Lipinski definition) is 4. The molecule has 104 valence electrons. The fourth-order valence-corrected chi connectivity index (χ4v) is 2.51. The van der Waals surface area contributed by atoms with Gasteiger partial charge in [-0.3, -0.25) is 14.9 Å². The maximum Gasteiger partial charge on any atom is 0.285 e. The Morgan fingerprint density at radius 2 is 2.30 bits per heavy atom. The van der Waals surface area contributed by atoms with Crippen molar-refractivity contribution >= 4 is 11.6 Å². The summed E-state index contributed by atoms with van der Waals surface area (Å²) in [6, 6.07) is 6.89. The predicted octanol–water partition coefficient (Wildman–Crippen LogP) is 2.28. The maximum absolute atomic E-state index is 12.5. The zero-order valence-electron chi connectivity index (χ0n) is 11.2. The highest BCUT2D eigenvalue weighted by Crippen LogP contribution is 2.26. The third-order valence-corrected chi connectivity index (χ3v) is 3.54. The van der Waals surface area contributed by atoms with Crippen LogP contribution in [0.25, 0.3) is 0 Å². The van der Waals surface area contributed by atoms with Gasteiger partial charge in [0, 0.05) is 18.7 Å². The molecule has 1 unspecified atom stereocenters. The molecule has 0 N–H and O–H groups in total. The zero-order valence-corrected chi connectivity index (χ0v) is 11.2. The number of amides is 1. The largest absolute Gasteiger partial charge is 0.337 e. The second-order valence-electron chi connectivity index (χ2n) is 4.95. The smallest absolute Gasteiger partial charge is 0.285 e. The summed E-state index contributed by atoms with van der Waals surface area (Å²) in [4.78, 5) is 24.6. The van der Waals surface area contributed by atoms with E-state index in [0.29, 0.717) is 18.7 Å². The number of nitro benzene ring substituents is 1. The number of hydrogen-bond donors (Lipinski definition) is 0. The number of likely N-dealkylation sites (tertiary alicyclic amines) is 1. The van der Waals surface area contributed by atoms with Gasteiger partial charge in [0.1, 0.15) is 5.56 Å². The van der Waals surface area contributed by atoms with Crippen molar-refractivity contribution in [2.75, 3.05) is 13.1 Å². The van der Waals surface area contributed by atoms with Crippen LogP contribution in [0.2, 0.25) is 0 Å². The van der Waals surface area contributed by atoms with Gasteiger partial charge in [-0.2, -0.15) is 5.26 Å². The number of carbonyl (C=O) groups is 1. The molecule has 0 aliphatic carbocycles. The molecule has 1 atom stereocenters. The van der Waals surface area contributed by atoms with E-state index in [1.54, 1.807) is 24.0 Å². The topological polar surface area (TPSA) is 87.2 Å². The Balaban J connectivity index is 2.32. The van der Waals surface area contributed by atoms with Crippen LogP contribution >= 0.6 is 0 Å². The molecule has 1 saturated heterocycles. The number of nitrogens with zero attached hydrogens (tertiary/aromatic N) is 3. The van der Waals surface area contributed by atoms with Gasteiger partial charge in [-0.15, -0.1) is 0 Å². The van der Waals surface area contributed by atoms with Gasteiger partial charge >= 0.3 is 0 Å². The van der Waals surface area contributed by atoms with Crippen molar-refractivity contribution in [2.24, 2.45) is 5.92 Å². The second kappa shape index (κ2) is 5.70. The SMILES string of the molecule is Cc1cccc(C(=O)N2CCCC(C#N)C2)c1[N+](=O)[O-]. The third-order valence-electron chi connectivity index (χ3n) is 3.54. The summed E-state index contributed by atoms with van der Waals surface area (Å²) < 4.78 is 0. The number of nitriles is 1. The van der Waals surface area contributed by atoms with Crippen LogP contribution in [0.5, 0.6) is 0 Å². The molecule has 0 radical (unpaired) electrons. The summed E-state index contributed by atoms with van der Waals surface area (Å²) in [5.41, 5.74) is 0.430. The van der Waals surface area contributed by atoms with E-state index in [9.17, 15) is 14.9 Å². The second-order valence-corrected chi connectivity index (χ2v) is 4.95. The van der Waals surface area contributed by atoms with E-state index >= 15 is 0 Å². The fourth-order valence-electron chi connectivity index (χ4n) is 2.51. The zero-order chi connectivity index (χ0) is 14.7. The van der Waals surface area contributed by atoms with Crippen molar-refractivity contribution in [3.8, 4) is 6.07 Å². The predicted molar refractivity (Wildman–Crippen MR) is 72.1 cm³/mol. The molecule has 0 spiro atoms. The summed E-state index contributed by atoms with van der Waals surface area (Å²) in [6.45, 7) is 2.51. The lowest BCUT2D eigenvalue weighted by atomic mass is 9.98. The van der Waals surface area contributed by atoms with Crippen molar-refractivity contribution in [2.45, 2.75) is 19.8 Å². The van der Waals surface area contributed by atoms with E-state index in [2.05, 4.69) is 6.07 Å². The molecule has 1 aromatic carbocycles. The Labute approximate surface area is 116 Å². The number of rotatable bonds is 2. The van der Waals surface area contributed by atoms with Gasteiger partial charge in [0.15, 0.2) is 0 Å². The molecule has 1 aliphatic rings. The normalized spacial score (nSPS) is 18.4. The monoisotopic (exact) mass is 273 g/mol. The lowest BCUT2D eigenvalue weighted by Gasteiger charge is -2.29. The first-order valence-electron chi connectivity index (χ1n) is 6.47. The standard InChI is InChI=1S/C14H15N3O3/c1-10-4-2-6-12(13(10)17(19)20)14(18)16-7-3-5-11(8-15)9-16/h2,4,6,11H,3,5,7,9H2,1H3. The molecule has 1 aliphatic heterocycles. The molecule has 6 heteroatoms. The van der Waals surface area contributed by atoms with Crippen LogP contribution < -0.4 is 0 Å². The van der Waals surface area contributed by atoms with E-state index < -0.39 is 4.92 Å². The van der Waals surface area contributed by atoms with Crippen molar-refractivity contribution in [1.82, 2.24) is 4.90 Å². The number of para-hydroxylation sites is 1. The molecule has 0 bridgehead atoms. The summed E-state index contributed by atoms with van der Waals surface area (Å²) >= 11 is 0. The minimum Gasteiger partial charge on any atom is -0.337 e. The molecular weight excluding hydrogens is 258 g/mol. The van der Waals surface area contributed by atoms with E-state index in [1.807, 2.05) is 0 Å². The Bertz CT molecular complexity index is 592. The van der Waals surface area contributed by atoms with Gasteiger partial charge in [-0.25, -0.2) is 0 Å². The number of piperidine rings is 1. The summed E-state index contributed by atoms with van der Waals surface area (Å²) in [6.07, 6.45) is 1.53. The minimum absolute atomic E-state index is 0.105. The quantitative estimate of drug-likeness (QED) is 0.611. The average Bonchev–Trinajstić information content (AvgIpc) is 2.45. The number of carbonyl (C=O) groups excluding carboxylic acids is 1. The first-order chi connectivity index (χ1) is 9.54.